The van der Waals surface area contributed by atoms with E-state index in [9.17, 15) is 9.18 Å². The molecule has 1 fully saturated rings. The molecule has 1 aromatic heterocycles. The number of anilines is 2. The van der Waals surface area contributed by atoms with Crippen molar-refractivity contribution in [3.05, 3.63) is 47.0 Å². The zero-order valence-electron chi connectivity index (χ0n) is 14.0. The highest BCUT2D eigenvalue weighted by molar-refractivity contribution is 6.31. The molecule has 1 unspecified atom stereocenters. The van der Waals surface area contributed by atoms with E-state index in [2.05, 4.69) is 15.3 Å². The van der Waals surface area contributed by atoms with E-state index in [0.717, 1.165) is 12.1 Å². The van der Waals surface area contributed by atoms with Gasteiger partial charge in [0.25, 0.3) is 0 Å². The Labute approximate surface area is 150 Å². The predicted molar refractivity (Wildman–Crippen MR) is 95.3 cm³/mol. The van der Waals surface area contributed by atoms with Gasteiger partial charge in [-0.05, 0) is 24.6 Å². The summed E-state index contributed by atoms with van der Waals surface area (Å²) in [6, 6.07) is 5.95. The van der Waals surface area contributed by atoms with E-state index in [4.69, 9.17) is 11.6 Å². The Balaban J connectivity index is 1.74. The molecule has 0 spiro atoms. The fraction of sp³-hybridized carbons (Fsp3) is 0.353. The van der Waals surface area contributed by atoms with Gasteiger partial charge in [0, 0.05) is 31.2 Å². The first-order valence-electron chi connectivity index (χ1n) is 7.96. The van der Waals surface area contributed by atoms with Crippen LogP contribution in [-0.4, -0.2) is 47.5 Å². The second-order valence-electron chi connectivity index (χ2n) is 6.03. The molecule has 1 aliphatic heterocycles. The van der Waals surface area contributed by atoms with Crippen LogP contribution < -0.4 is 10.2 Å². The van der Waals surface area contributed by atoms with E-state index in [1.54, 1.807) is 24.1 Å². The molecule has 1 aliphatic rings. The number of carbonyl (C=O) groups is 1. The third kappa shape index (κ3) is 3.99. The van der Waals surface area contributed by atoms with Gasteiger partial charge >= 0.3 is 0 Å². The summed E-state index contributed by atoms with van der Waals surface area (Å²) in [5.74, 6) is 0.997. The summed E-state index contributed by atoms with van der Waals surface area (Å²) in [5, 5.41) is 3.60. The van der Waals surface area contributed by atoms with Crippen LogP contribution in [0.25, 0.3) is 0 Å². The first kappa shape index (κ1) is 17.4. The Morgan fingerprint density at radius 2 is 2.08 bits per heavy atom. The number of halogens is 2. The topological polar surface area (TPSA) is 61.4 Å². The van der Waals surface area contributed by atoms with Gasteiger partial charge in [-0.1, -0.05) is 17.7 Å². The molecule has 1 N–H and O–H groups in total. The molecular weight excluding hydrogens is 345 g/mol. The summed E-state index contributed by atoms with van der Waals surface area (Å²) in [4.78, 5) is 24.0. The zero-order valence-corrected chi connectivity index (χ0v) is 14.8. The van der Waals surface area contributed by atoms with Crippen molar-refractivity contribution >= 4 is 29.1 Å². The van der Waals surface area contributed by atoms with Crippen molar-refractivity contribution in [2.75, 3.05) is 36.9 Å². The fourth-order valence-electron chi connectivity index (χ4n) is 2.71. The molecule has 132 valence electrons. The van der Waals surface area contributed by atoms with Gasteiger partial charge in [0.15, 0.2) is 0 Å². The van der Waals surface area contributed by atoms with Crippen LogP contribution in [0.2, 0.25) is 5.02 Å². The number of hydrogen-bond acceptors (Lipinski definition) is 5. The third-order valence-electron chi connectivity index (χ3n) is 4.23. The van der Waals surface area contributed by atoms with Gasteiger partial charge in [-0.25, -0.2) is 14.4 Å². The van der Waals surface area contributed by atoms with Crippen LogP contribution in [0.4, 0.5) is 16.0 Å². The minimum absolute atomic E-state index is 0.0610. The van der Waals surface area contributed by atoms with Gasteiger partial charge in [-0.2, -0.15) is 0 Å². The van der Waals surface area contributed by atoms with Crippen LogP contribution in [0.1, 0.15) is 18.5 Å². The normalized spacial score (nSPS) is 16.1. The Hall–Kier alpha value is -2.41. The monoisotopic (exact) mass is 363 g/mol. The van der Waals surface area contributed by atoms with Crippen LogP contribution in [0.15, 0.2) is 30.6 Å². The second kappa shape index (κ2) is 7.23. The number of amides is 1. The summed E-state index contributed by atoms with van der Waals surface area (Å²) in [6.45, 7) is 3.60. The summed E-state index contributed by atoms with van der Waals surface area (Å²) in [7, 11) is 1.79. The average molecular weight is 364 g/mol. The van der Waals surface area contributed by atoms with Gasteiger partial charge in [0.2, 0.25) is 5.91 Å². The largest absolute Gasteiger partial charge is 0.363 e. The Kier molecular flexibility index (Phi) is 5.03. The molecule has 2 heterocycles. The van der Waals surface area contributed by atoms with E-state index in [1.165, 1.54) is 18.5 Å². The Morgan fingerprint density at radius 3 is 2.80 bits per heavy atom. The Morgan fingerprint density at radius 1 is 1.28 bits per heavy atom. The predicted octanol–water partition coefficient (Wildman–Crippen LogP) is 2.72. The minimum atomic E-state index is -0.370. The van der Waals surface area contributed by atoms with Crippen molar-refractivity contribution < 1.29 is 9.18 Å². The number of carbonyl (C=O) groups excluding carboxylic acids is 1. The lowest BCUT2D eigenvalue weighted by atomic mass is 10.1. The molecule has 1 atom stereocenters. The Bertz CT molecular complexity index is 787. The van der Waals surface area contributed by atoms with Crippen molar-refractivity contribution in [2.24, 2.45) is 0 Å². The molecule has 25 heavy (non-hydrogen) atoms. The third-order valence-corrected chi connectivity index (χ3v) is 4.55. The quantitative estimate of drug-likeness (QED) is 0.905. The molecule has 8 heteroatoms. The standard InChI is InChI=1S/C17H19ClFN5O/c1-11(13-4-3-12(19)7-14(13)18)22-15-8-16(21-10-20-15)24-6-5-23(2)17(25)9-24/h3-4,7-8,10-11H,5-6,9H2,1-2H3,(H,20,21,22). The van der Waals surface area contributed by atoms with Crippen LogP contribution >= 0.6 is 11.6 Å². The van der Waals surface area contributed by atoms with Crippen molar-refractivity contribution in [1.82, 2.24) is 14.9 Å². The van der Waals surface area contributed by atoms with E-state index < -0.39 is 0 Å². The van der Waals surface area contributed by atoms with E-state index in [0.29, 0.717) is 29.7 Å². The number of piperazine rings is 1. The average Bonchev–Trinajstić information content (AvgIpc) is 2.57. The molecule has 0 radical (unpaired) electrons. The van der Waals surface area contributed by atoms with E-state index in [1.807, 2.05) is 11.8 Å². The number of likely N-dealkylation sites (N-methyl/N-ethyl adjacent to an activating group) is 1. The molecule has 6 nitrogen and oxygen atoms in total. The summed E-state index contributed by atoms with van der Waals surface area (Å²) in [5.41, 5.74) is 0.776. The maximum atomic E-state index is 13.2. The van der Waals surface area contributed by atoms with Gasteiger partial charge in [0.05, 0.1) is 12.6 Å². The maximum absolute atomic E-state index is 13.2. The van der Waals surface area contributed by atoms with Crippen LogP contribution in [0.3, 0.4) is 0 Å². The molecule has 1 amide bonds. The molecule has 0 aliphatic carbocycles. The smallest absolute Gasteiger partial charge is 0.241 e. The molecular formula is C17H19ClFN5O. The number of rotatable bonds is 4. The lowest BCUT2D eigenvalue weighted by Crippen LogP contribution is -2.48. The van der Waals surface area contributed by atoms with Gasteiger partial charge in [-0.3, -0.25) is 4.79 Å². The van der Waals surface area contributed by atoms with Crippen LogP contribution in [-0.2, 0) is 4.79 Å². The number of aromatic nitrogens is 2. The van der Waals surface area contributed by atoms with Crippen LogP contribution in [0, 0.1) is 5.82 Å². The fourth-order valence-corrected chi connectivity index (χ4v) is 3.04. The lowest BCUT2D eigenvalue weighted by Gasteiger charge is -2.32. The van der Waals surface area contributed by atoms with E-state index in [-0.39, 0.29) is 17.8 Å². The molecule has 3 rings (SSSR count). The maximum Gasteiger partial charge on any atom is 0.241 e. The number of nitrogens with one attached hydrogen (secondary N) is 1. The molecule has 1 aromatic carbocycles. The van der Waals surface area contributed by atoms with Crippen molar-refractivity contribution in [2.45, 2.75) is 13.0 Å². The summed E-state index contributed by atoms with van der Waals surface area (Å²) in [6.07, 6.45) is 1.46. The van der Waals surface area contributed by atoms with Gasteiger partial charge < -0.3 is 15.1 Å². The molecule has 0 saturated carbocycles. The highest BCUT2D eigenvalue weighted by Gasteiger charge is 2.22. The number of benzene rings is 1. The first-order valence-corrected chi connectivity index (χ1v) is 8.34. The molecule has 0 bridgehead atoms. The molecule has 1 saturated heterocycles. The minimum Gasteiger partial charge on any atom is -0.363 e. The summed E-state index contributed by atoms with van der Waals surface area (Å²) >= 11 is 6.11. The van der Waals surface area contributed by atoms with Gasteiger partial charge in [0.1, 0.15) is 23.8 Å². The second-order valence-corrected chi connectivity index (χ2v) is 6.44. The lowest BCUT2D eigenvalue weighted by molar-refractivity contribution is -0.129. The summed E-state index contributed by atoms with van der Waals surface area (Å²) < 4.78 is 13.2. The van der Waals surface area contributed by atoms with Gasteiger partial charge in [-0.15, -0.1) is 0 Å². The zero-order chi connectivity index (χ0) is 18.0. The molecule has 2 aromatic rings. The highest BCUT2D eigenvalue weighted by atomic mass is 35.5. The van der Waals surface area contributed by atoms with Crippen LogP contribution in [0.5, 0.6) is 0 Å². The highest BCUT2D eigenvalue weighted by Crippen LogP contribution is 2.27. The number of hydrogen-bond donors (Lipinski definition) is 1. The SMILES string of the molecule is CC(Nc1cc(N2CCN(C)C(=O)C2)ncn1)c1ccc(F)cc1Cl. The van der Waals surface area contributed by atoms with Crippen molar-refractivity contribution in [3.8, 4) is 0 Å². The van der Waals surface area contributed by atoms with Crippen molar-refractivity contribution in [1.29, 1.82) is 0 Å². The van der Waals surface area contributed by atoms with E-state index >= 15 is 0 Å². The number of nitrogens with zero attached hydrogens (tertiary/aromatic N) is 4. The van der Waals surface area contributed by atoms with Crippen molar-refractivity contribution in [3.63, 3.8) is 0 Å². The first-order chi connectivity index (χ1) is 11.9.